The van der Waals surface area contributed by atoms with Gasteiger partial charge in [-0.25, -0.2) is 4.98 Å². The summed E-state index contributed by atoms with van der Waals surface area (Å²) in [5.74, 6) is -0.844. The van der Waals surface area contributed by atoms with Crippen LogP contribution in [0, 0.1) is 0 Å². The molecule has 2 aromatic heterocycles. The number of carboxylic acids is 1. The maximum absolute atomic E-state index is 11.1. The zero-order valence-electron chi connectivity index (χ0n) is 14.1. The molecule has 0 unspecified atom stereocenters. The van der Waals surface area contributed by atoms with Crippen molar-refractivity contribution in [1.82, 2.24) is 10.3 Å². The predicted molar refractivity (Wildman–Crippen MR) is 104 cm³/mol. The van der Waals surface area contributed by atoms with Crippen molar-refractivity contribution < 1.29 is 14.6 Å². The first-order chi connectivity index (χ1) is 12.7. The summed E-state index contributed by atoms with van der Waals surface area (Å²) in [4.78, 5) is 16.9. The lowest BCUT2D eigenvalue weighted by atomic mass is 10.2. The molecule has 0 bridgehead atoms. The lowest BCUT2D eigenvalue weighted by Gasteiger charge is -2.16. The van der Waals surface area contributed by atoms with Crippen molar-refractivity contribution >= 4 is 28.6 Å². The van der Waals surface area contributed by atoms with Crippen LogP contribution >= 0.6 is 22.7 Å². The molecule has 0 saturated carbocycles. The Bertz CT molecular complexity index is 803. The van der Waals surface area contributed by atoms with Gasteiger partial charge in [0, 0.05) is 18.0 Å². The number of nitrogens with one attached hydrogen (secondary N) is 1. The summed E-state index contributed by atoms with van der Waals surface area (Å²) >= 11 is 3.26. The van der Waals surface area contributed by atoms with Crippen molar-refractivity contribution in [3.63, 3.8) is 0 Å². The zero-order chi connectivity index (χ0) is 18.2. The minimum atomic E-state index is -0.844. The number of hydrogen-bond acceptors (Lipinski definition) is 6. The smallest absolute Gasteiger partial charge is 0.305 e. The molecular weight excluding hydrogens is 368 g/mol. The van der Waals surface area contributed by atoms with Crippen molar-refractivity contribution in [1.29, 1.82) is 0 Å². The summed E-state index contributed by atoms with van der Waals surface area (Å²) < 4.78 is 5.69. The zero-order valence-corrected chi connectivity index (χ0v) is 15.8. The molecule has 3 aromatic rings. The third-order valence-corrected chi connectivity index (χ3v) is 5.64. The van der Waals surface area contributed by atoms with E-state index in [1.165, 1.54) is 0 Å². The fourth-order valence-corrected chi connectivity index (χ4v) is 4.08. The molecule has 0 aliphatic carbocycles. The predicted octanol–water partition coefficient (Wildman–Crippen LogP) is 4.02. The molecule has 0 amide bonds. The van der Waals surface area contributed by atoms with E-state index in [0.29, 0.717) is 19.8 Å². The van der Waals surface area contributed by atoms with Gasteiger partial charge in [0.15, 0.2) is 0 Å². The van der Waals surface area contributed by atoms with Crippen LogP contribution in [0.15, 0.2) is 53.2 Å². The highest BCUT2D eigenvalue weighted by molar-refractivity contribution is 7.20. The highest BCUT2D eigenvalue weighted by atomic mass is 32.1. The number of nitrogens with zero attached hydrogens (tertiary/aromatic N) is 1. The van der Waals surface area contributed by atoms with Gasteiger partial charge in [0.2, 0.25) is 0 Å². The van der Waals surface area contributed by atoms with Crippen LogP contribution in [-0.4, -0.2) is 28.7 Å². The first kappa shape index (κ1) is 18.7. The van der Waals surface area contributed by atoms with Gasteiger partial charge < -0.3 is 15.2 Å². The lowest BCUT2D eigenvalue weighted by Crippen LogP contribution is -2.35. The maximum atomic E-state index is 11.1. The van der Waals surface area contributed by atoms with Crippen LogP contribution in [0.5, 0.6) is 0 Å². The van der Waals surface area contributed by atoms with Crippen LogP contribution in [0.3, 0.4) is 0 Å². The van der Waals surface area contributed by atoms with E-state index in [2.05, 4.69) is 10.3 Å². The van der Waals surface area contributed by atoms with E-state index in [0.717, 1.165) is 21.1 Å². The third kappa shape index (κ3) is 5.74. The fourth-order valence-electron chi connectivity index (χ4n) is 2.44. The summed E-state index contributed by atoms with van der Waals surface area (Å²) in [7, 11) is 0. The number of aromatic nitrogens is 1. The number of carboxylic acid groups (broad SMARTS) is 1. The van der Waals surface area contributed by atoms with Gasteiger partial charge in [0.25, 0.3) is 0 Å². The average molecular weight is 389 g/mol. The summed E-state index contributed by atoms with van der Waals surface area (Å²) in [6, 6.07) is 13.6. The van der Waals surface area contributed by atoms with Gasteiger partial charge in [-0.2, -0.15) is 0 Å². The highest BCUT2D eigenvalue weighted by Gasteiger charge is 2.14. The summed E-state index contributed by atoms with van der Waals surface area (Å²) in [5, 5.41) is 17.4. The van der Waals surface area contributed by atoms with Crippen LogP contribution in [0.25, 0.3) is 9.88 Å². The second-order valence-corrected chi connectivity index (χ2v) is 7.60. The van der Waals surface area contributed by atoms with Crippen LogP contribution in [0.1, 0.15) is 17.7 Å². The molecule has 7 heteroatoms. The molecule has 0 aliphatic heterocycles. The molecule has 136 valence electrons. The van der Waals surface area contributed by atoms with Gasteiger partial charge in [0.1, 0.15) is 5.01 Å². The van der Waals surface area contributed by atoms with Crippen LogP contribution in [0.4, 0.5) is 0 Å². The van der Waals surface area contributed by atoms with Crippen LogP contribution in [-0.2, 0) is 22.7 Å². The molecule has 2 N–H and O–H groups in total. The standard InChI is InChI=1S/C19H20N2O3S2/c22-18(23)9-15(12-24-11-14-5-2-1-3-6-14)20-10-16-13-26-19(21-16)17-7-4-8-25-17/h1-8,13,15,20H,9-12H2,(H,22,23)/t15-/m1/s1. The Morgan fingerprint density at radius 3 is 2.77 bits per heavy atom. The van der Waals surface area contributed by atoms with E-state index >= 15 is 0 Å². The van der Waals surface area contributed by atoms with Gasteiger partial charge in [-0.3, -0.25) is 4.79 Å². The first-order valence-corrected chi connectivity index (χ1v) is 10.0. The molecule has 1 aromatic carbocycles. The molecule has 0 radical (unpaired) electrons. The SMILES string of the molecule is O=C(O)C[C@H](COCc1ccccc1)NCc1csc(-c2cccs2)n1. The molecule has 26 heavy (non-hydrogen) atoms. The Morgan fingerprint density at radius 2 is 2.04 bits per heavy atom. The van der Waals surface area contributed by atoms with E-state index < -0.39 is 5.97 Å². The summed E-state index contributed by atoms with van der Waals surface area (Å²) in [6.45, 7) is 1.33. The topological polar surface area (TPSA) is 71.5 Å². The van der Waals surface area contributed by atoms with Gasteiger partial charge in [-0.1, -0.05) is 36.4 Å². The second-order valence-electron chi connectivity index (χ2n) is 5.80. The van der Waals surface area contributed by atoms with Crippen molar-refractivity contribution in [2.24, 2.45) is 0 Å². The second kappa shape index (κ2) is 9.59. The van der Waals surface area contributed by atoms with Crippen molar-refractivity contribution in [3.05, 3.63) is 64.5 Å². The molecule has 0 fully saturated rings. The Kier molecular flexibility index (Phi) is 6.90. The Morgan fingerprint density at radius 1 is 1.19 bits per heavy atom. The average Bonchev–Trinajstić information content (AvgIpc) is 3.31. The number of ether oxygens (including phenoxy) is 1. The first-order valence-electron chi connectivity index (χ1n) is 8.26. The molecule has 0 saturated heterocycles. The Labute approximate surface area is 160 Å². The molecule has 5 nitrogen and oxygen atoms in total. The van der Waals surface area contributed by atoms with Crippen molar-refractivity contribution in [2.45, 2.75) is 25.6 Å². The van der Waals surface area contributed by atoms with Crippen molar-refractivity contribution in [2.75, 3.05) is 6.61 Å². The van der Waals surface area contributed by atoms with Crippen LogP contribution < -0.4 is 5.32 Å². The van der Waals surface area contributed by atoms with E-state index in [1.54, 1.807) is 22.7 Å². The van der Waals surface area contributed by atoms with E-state index in [1.807, 2.05) is 53.2 Å². The quantitative estimate of drug-likeness (QED) is 0.549. The molecule has 3 rings (SSSR count). The Hall–Kier alpha value is -2.06. The number of thiophene rings is 1. The minimum Gasteiger partial charge on any atom is -0.481 e. The van der Waals surface area contributed by atoms with Gasteiger partial charge in [0.05, 0.1) is 30.2 Å². The molecule has 2 heterocycles. The van der Waals surface area contributed by atoms with Crippen molar-refractivity contribution in [3.8, 4) is 9.88 Å². The number of thiazole rings is 1. The Balaban J connectivity index is 1.50. The summed E-state index contributed by atoms with van der Waals surface area (Å²) in [5.41, 5.74) is 1.98. The minimum absolute atomic E-state index is 0.0106. The molecule has 1 atom stereocenters. The monoisotopic (exact) mass is 388 g/mol. The number of hydrogen-bond donors (Lipinski definition) is 2. The molecule has 0 aliphatic rings. The maximum Gasteiger partial charge on any atom is 0.305 e. The largest absolute Gasteiger partial charge is 0.481 e. The highest BCUT2D eigenvalue weighted by Crippen LogP contribution is 2.27. The molecule has 0 spiro atoms. The number of aliphatic carboxylic acids is 1. The van der Waals surface area contributed by atoms with Crippen LogP contribution in [0.2, 0.25) is 0 Å². The number of benzene rings is 1. The van der Waals surface area contributed by atoms with Gasteiger partial charge in [-0.15, -0.1) is 22.7 Å². The van der Waals surface area contributed by atoms with Gasteiger partial charge in [-0.05, 0) is 17.0 Å². The summed E-state index contributed by atoms with van der Waals surface area (Å²) in [6.07, 6.45) is 0.0106. The van der Waals surface area contributed by atoms with E-state index in [9.17, 15) is 4.79 Å². The number of rotatable bonds is 10. The van der Waals surface area contributed by atoms with E-state index in [-0.39, 0.29) is 12.5 Å². The normalized spacial score (nSPS) is 12.2. The third-order valence-electron chi connectivity index (χ3n) is 3.71. The fraction of sp³-hybridized carbons (Fsp3) is 0.263. The van der Waals surface area contributed by atoms with Gasteiger partial charge >= 0.3 is 5.97 Å². The number of carbonyl (C=O) groups is 1. The molecular formula is C19H20N2O3S2. The van der Waals surface area contributed by atoms with E-state index in [4.69, 9.17) is 9.84 Å². The lowest BCUT2D eigenvalue weighted by molar-refractivity contribution is -0.138.